The van der Waals surface area contributed by atoms with Gasteiger partial charge in [0.05, 0.1) is 37.7 Å². The predicted molar refractivity (Wildman–Crippen MR) is 147 cm³/mol. The van der Waals surface area contributed by atoms with Crippen molar-refractivity contribution in [2.45, 2.75) is 24.4 Å². The zero-order chi connectivity index (χ0) is 26.2. The molecule has 2 aromatic carbocycles. The molecule has 4 aromatic rings. The molecular weight excluding hydrogens is 488 g/mol. The summed E-state index contributed by atoms with van der Waals surface area (Å²) >= 11 is 1.70. The molecule has 4 rings (SSSR count). The fourth-order valence-electron chi connectivity index (χ4n) is 4.07. The van der Waals surface area contributed by atoms with Gasteiger partial charge in [0.2, 0.25) is 5.91 Å². The third-order valence-electron chi connectivity index (χ3n) is 5.92. The molecule has 8 nitrogen and oxygen atoms in total. The summed E-state index contributed by atoms with van der Waals surface area (Å²) in [6, 6.07) is 19.7. The summed E-state index contributed by atoms with van der Waals surface area (Å²) in [4.78, 5) is 31.8. The summed E-state index contributed by atoms with van der Waals surface area (Å²) in [6.45, 7) is 1.33. The molecule has 0 aliphatic rings. The van der Waals surface area contributed by atoms with E-state index in [2.05, 4.69) is 39.9 Å². The van der Waals surface area contributed by atoms with Crippen LogP contribution >= 0.6 is 11.8 Å². The van der Waals surface area contributed by atoms with Crippen LogP contribution in [0.3, 0.4) is 0 Å². The van der Waals surface area contributed by atoms with Crippen LogP contribution in [0.4, 0.5) is 11.4 Å². The van der Waals surface area contributed by atoms with Crippen molar-refractivity contribution in [2.24, 2.45) is 0 Å². The number of anilines is 2. The van der Waals surface area contributed by atoms with E-state index in [1.165, 1.54) is 12.0 Å². The quantitative estimate of drug-likeness (QED) is 0.214. The summed E-state index contributed by atoms with van der Waals surface area (Å²) in [5.74, 6) is -0.804. The molecule has 0 atom stereocenters. The third kappa shape index (κ3) is 6.31. The van der Waals surface area contributed by atoms with Gasteiger partial charge in [-0.25, -0.2) is 9.78 Å². The number of thioether (sulfide) groups is 1. The summed E-state index contributed by atoms with van der Waals surface area (Å²) in [5.41, 5.74) is 3.92. The van der Waals surface area contributed by atoms with Crippen LogP contribution in [0, 0.1) is 0 Å². The molecule has 9 heteroatoms. The van der Waals surface area contributed by atoms with Crippen molar-refractivity contribution < 1.29 is 19.1 Å². The molecule has 0 saturated carbocycles. The third-order valence-corrected chi connectivity index (χ3v) is 6.67. The second-order valence-corrected chi connectivity index (χ2v) is 9.25. The summed E-state index contributed by atoms with van der Waals surface area (Å²) in [5, 5.41) is 6.99. The van der Waals surface area contributed by atoms with E-state index in [-0.39, 0.29) is 18.0 Å². The average molecular weight is 519 g/mol. The Labute approximate surface area is 220 Å². The van der Waals surface area contributed by atoms with Crippen LogP contribution in [0.2, 0.25) is 0 Å². The number of nitrogens with zero attached hydrogens (tertiary/aromatic N) is 2. The largest absolute Gasteiger partial charge is 0.464 e. The highest BCUT2D eigenvalue weighted by molar-refractivity contribution is 7.98. The number of rotatable bonds is 11. The Balaban J connectivity index is 1.69. The molecule has 0 radical (unpaired) electrons. The number of hydrogen-bond acceptors (Lipinski definition) is 7. The van der Waals surface area contributed by atoms with Crippen LogP contribution in [0.5, 0.6) is 0 Å². The highest BCUT2D eigenvalue weighted by Crippen LogP contribution is 2.33. The van der Waals surface area contributed by atoms with Crippen LogP contribution < -0.4 is 10.6 Å². The Morgan fingerprint density at radius 1 is 1.03 bits per heavy atom. The van der Waals surface area contributed by atoms with Crippen molar-refractivity contribution in [2.75, 3.05) is 37.7 Å². The molecule has 0 aliphatic carbocycles. The van der Waals surface area contributed by atoms with Gasteiger partial charge in [-0.05, 0) is 35.6 Å². The number of nitrogens with one attached hydrogen (secondary N) is 2. The van der Waals surface area contributed by atoms with E-state index in [0.29, 0.717) is 36.4 Å². The number of fused-ring (bicyclic) bond motifs is 1. The van der Waals surface area contributed by atoms with Crippen molar-refractivity contribution in [3.05, 3.63) is 83.7 Å². The molecule has 0 spiro atoms. The first-order valence-electron chi connectivity index (χ1n) is 11.8. The SMILES string of the molecule is COCCn1c(C(=O)OC)c(NC(=O)Cc2ccccc2)c2cc(NCc3ccc(SC)cc3)cnc21. The smallest absolute Gasteiger partial charge is 0.356 e. The summed E-state index contributed by atoms with van der Waals surface area (Å²) in [6.07, 6.45) is 3.94. The molecule has 2 N–H and O–H groups in total. The number of carbonyl (C=O) groups is 2. The van der Waals surface area contributed by atoms with E-state index in [1.807, 2.05) is 42.7 Å². The summed E-state index contributed by atoms with van der Waals surface area (Å²) in [7, 11) is 2.91. The van der Waals surface area contributed by atoms with Crippen molar-refractivity contribution in [3.63, 3.8) is 0 Å². The van der Waals surface area contributed by atoms with E-state index < -0.39 is 5.97 Å². The lowest BCUT2D eigenvalue weighted by Gasteiger charge is -2.10. The van der Waals surface area contributed by atoms with Crippen LogP contribution in [-0.4, -0.2) is 48.5 Å². The number of amides is 1. The Morgan fingerprint density at radius 3 is 2.46 bits per heavy atom. The van der Waals surface area contributed by atoms with Crippen LogP contribution in [0.25, 0.3) is 11.0 Å². The molecule has 0 saturated heterocycles. The van der Waals surface area contributed by atoms with Crippen LogP contribution in [0.1, 0.15) is 21.6 Å². The summed E-state index contributed by atoms with van der Waals surface area (Å²) < 4.78 is 12.1. The zero-order valence-corrected chi connectivity index (χ0v) is 21.9. The molecule has 2 heterocycles. The highest BCUT2D eigenvalue weighted by atomic mass is 32.2. The second kappa shape index (κ2) is 12.4. The van der Waals surface area contributed by atoms with Gasteiger partial charge < -0.3 is 24.7 Å². The number of esters is 1. The molecule has 1 amide bonds. The normalized spacial score (nSPS) is 10.9. The number of methoxy groups -OCH3 is 2. The number of benzene rings is 2. The molecular formula is C28H30N4O4S. The maximum Gasteiger partial charge on any atom is 0.356 e. The van der Waals surface area contributed by atoms with E-state index in [9.17, 15) is 9.59 Å². The highest BCUT2D eigenvalue weighted by Gasteiger charge is 2.26. The van der Waals surface area contributed by atoms with Gasteiger partial charge in [-0.2, -0.15) is 0 Å². The minimum absolute atomic E-state index is 0.170. The molecule has 2 aromatic heterocycles. The molecule has 0 unspecified atom stereocenters. The van der Waals surface area contributed by atoms with Crippen molar-refractivity contribution in [1.82, 2.24) is 9.55 Å². The lowest BCUT2D eigenvalue weighted by molar-refractivity contribution is -0.115. The van der Waals surface area contributed by atoms with Gasteiger partial charge in [0.25, 0.3) is 0 Å². The van der Waals surface area contributed by atoms with Crippen molar-refractivity contribution in [3.8, 4) is 0 Å². The Kier molecular flexibility index (Phi) is 8.81. The number of pyridine rings is 1. The van der Waals surface area contributed by atoms with Crippen LogP contribution in [-0.2, 0) is 33.8 Å². The first-order valence-corrected chi connectivity index (χ1v) is 13.1. The number of ether oxygens (including phenoxy) is 2. The topological polar surface area (TPSA) is 94.5 Å². The van der Waals surface area contributed by atoms with E-state index in [1.54, 1.807) is 29.6 Å². The minimum Gasteiger partial charge on any atom is -0.464 e. The monoisotopic (exact) mass is 518 g/mol. The van der Waals surface area contributed by atoms with Crippen molar-refractivity contribution >= 4 is 46.0 Å². The van der Waals surface area contributed by atoms with Gasteiger partial charge >= 0.3 is 5.97 Å². The van der Waals surface area contributed by atoms with Crippen molar-refractivity contribution in [1.29, 1.82) is 0 Å². The van der Waals surface area contributed by atoms with E-state index >= 15 is 0 Å². The van der Waals surface area contributed by atoms with Gasteiger partial charge in [-0.3, -0.25) is 4.79 Å². The zero-order valence-electron chi connectivity index (χ0n) is 21.1. The van der Waals surface area contributed by atoms with Gasteiger partial charge in [-0.1, -0.05) is 42.5 Å². The Bertz CT molecular complexity index is 1370. The lowest BCUT2D eigenvalue weighted by atomic mass is 10.1. The Hall–Kier alpha value is -3.82. The van der Waals surface area contributed by atoms with E-state index in [4.69, 9.17) is 9.47 Å². The maximum absolute atomic E-state index is 13.0. The van der Waals surface area contributed by atoms with E-state index in [0.717, 1.165) is 16.8 Å². The van der Waals surface area contributed by atoms with Gasteiger partial charge in [0.1, 0.15) is 5.65 Å². The fourth-order valence-corrected chi connectivity index (χ4v) is 4.48. The molecule has 0 bridgehead atoms. The van der Waals surface area contributed by atoms with Crippen LogP contribution in [0.15, 0.2) is 71.8 Å². The minimum atomic E-state index is -0.562. The molecule has 0 aliphatic heterocycles. The van der Waals surface area contributed by atoms with Gasteiger partial charge in [0.15, 0.2) is 5.69 Å². The second-order valence-electron chi connectivity index (χ2n) is 8.37. The number of hydrogen-bond donors (Lipinski definition) is 2. The number of carbonyl (C=O) groups excluding carboxylic acids is 2. The maximum atomic E-state index is 13.0. The fraction of sp³-hybridized carbons (Fsp3) is 0.250. The van der Waals surface area contributed by atoms with Gasteiger partial charge in [0, 0.05) is 30.5 Å². The first kappa shape index (κ1) is 26.2. The molecule has 192 valence electrons. The Morgan fingerprint density at radius 2 is 1.78 bits per heavy atom. The average Bonchev–Trinajstić information content (AvgIpc) is 3.23. The predicted octanol–water partition coefficient (Wildman–Crippen LogP) is 4.98. The standard InChI is InChI=1S/C28H30N4O4S/c1-35-14-13-32-26(28(34)36-2)25(31-24(33)15-19-7-5-4-6-8-19)23-16-21(18-30-27(23)32)29-17-20-9-11-22(37-3)12-10-20/h4-12,16,18,29H,13-15,17H2,1-3H3,(H,31,33). The molecule has 0 fully saturated rings. The first-order chi connectivity index (χ1) is 18.0. The van der Waals surface area contributed by atoms with Gasteiger partial charge in [-0.15, -0.1) is 11.8 Å². The lowest BCUT2D eigenvalue weighted by Crippen LogP contribution is -2.19. The molecule has 37 heavy (non-hydrogen) atoms. The number of aromatic nitrogens is 2.